The van der Waals surface area contributed by atoms with Gasteiger partial charge < -0.3 is 5.73 Å². The Bertz CT molecular complexity index is 531. The number of nitrogen functional groups attached to an aromatic ring is 1. The number of nitrogens with two attached hydrogens (primary N) is 1. The standard InChI is InChI=1S/C12H12FN3S/c1-2-8-11(14)15-7-16-12(8)17-10-6-4-3-5-9(10)13/h3-7H,2H2,1H3,(H2,14,15,16). The summed E-state index contributed by atoms with van der Waals surface area (Å²) in [6, 6.07) is 6.60. The highest BCUT2D eigenvalue weighted by atomic mass is 32.2. The quantitative estimate of drug-likeness (QED) is 0.850. The summed E-state index contributed by atoms with van der Waals surface area (Å²) in [6.45, 7) is 1.97. The first-order valence-electron chi connectivity index (χ1n) is 5.24. The maximum absolute atomic E-state index is 13.5. The van der Waals surface area contributed by atoms with E-state index in [2.05, 4.69) is 9.97 Å². The SMILES string of the molecule is CCc1c(N)ncnc1Sc1ccccc1F. The summed E-state index contributed by atoms with van der Waals surface area (Å²) < 4.78 is 13.5. The fourth-order valence-corrected chi connectivity index (χ4v) is 2.45. The molecule has 0 saturated heterocycles. The minimum atomic E-state index is -0.253. The van der Waals surface area contributed by atoms with E-state index in [1.807, 2.05) is 6.92 Å². The number of anilines is 1. The van der Waals surface area contributed by atoms with Gasteiger partial charge in [-0.2, -0.15) is 0 Å². The van der Waals surface area contributed by atoms with Gasteiger partial charge in [0.15, 0.2) is 0 Å². The third kappa shape index (κ3) is 2.55. The van der Waals surface area contributed by atoms with Crippen molar-refractivity contribution in [3.8, 4) is 0 Å². The second-order valence-electron chi connectivity index (χ2n) is 3.43. The van der Waals surface area contributed by atoms with Crippen molar-refractivity contribution in [3.63, 3.8) is 0 Å². The highest BCUT2D eigenvalue weighted by molar-refractivity contribution is 7.99. The third-order valence-electron chi connectivity index (χ3n) is 2.34. The predicted molar refractivity (Wildman–Crippen MR) is 66.3 cm³/mol. The fraction of sp³-hybridized carbons (Fsp3) is 0.167. The molecule has 0 atom stereocenters. The molecule has 17 heavy (non-hydrogen) atoms. The molecule has 1 aromatic carbocycles. The van der Waals surface area contributed by atoms with Gasteiger partial charge in [0.05, 0.1) is 0 Å². The van der Waals surface area contributed by atoms with Crippen molar-refractivity contribution in [1.29, 1.82) is 0 Å². The summed E-state index contributed by atoms with van der Waals surface area (Å²) in [4.78, 5) is 8.63. The fourth-order valence-electron chi connectivity index (χ4n) is 1.46. The lowest BCUT2D eigenvalue weighted by molar-refractivity contribution is 0.602. The largest absolute Gasteiger partial charge is 0.383 e. The molecule has 3 nitrogen and oxygen atoms in total. The van der Waals surface area contributed by atoms with E-state index in [-0.39, 0.29) is 5.82 Å². The molecule has 5 heteroatoms. The monoisotopic (exact) mass is 249 g/mol. The van der Waals surface area contributed by atoms with E-state index in [1.165, 1.54) is 24.2 Å². The van der Waals surface area contributed by atoms with Crippen molar-refractivity contribution >= 4 is 17.6 Å². The van der Waals surface area contributed by atoms with Crippen LogP contribution >= 0.6 is 11.8 Å². The molecule has 0 radical (unpaired) electrons. The lowest BCUT2D eigenvalue weighted by Gasteiger charge is -2.08. The molecule has 0 amide bonds. The summed E-state index contributed by atoms with van der Waals surface area (Å²) in [7, 11) is 0. The van der Waals surface area contributed by atoms with E-state index in [1.54, 1.807) is 18.2 Å². The molecular formula is C12H12FN3S. The molecule has 0 bridgehead atoms. The third-order valence-corrected chi connectivity index (χ3v) is 3.43. The van der Waals surface area contributed by atoms with Crippen LogP contribution in [0.4, 0.5) is 10.2 Å². The Kier molecular flexibility index (Phi) is 3.58. The van der Waals surface area contributed by atoms with Gasteiger partial charge in [0.25, 0.3) is 0 Å². The highest BCUT2D eigenvalue weighted by Crippen LogP contribution is 2.31. The number of benzene rings is 1. The molecular weight excluding hydrogens is 237 g/mol. The Morgan fingerprint density at radius 2 is 2.06 bits per heavy atom. The molecule has 2 N–H and O–H groups in total. The van der Waals surface area contributed by atoms with Crippen molar-refractivity contribution in [2.75, 3.05) is 5.73 Å². The second kappa shape index (κ2) is 5.14. The molecule has 88 valence electrons. The summed E-state index contributed by atoms with van der Waals surface area (Å²) in [5.74, 6) is 0.207. The number of hydrogen-bond acceptors (Lipinski definition) is 4. The van der Waals surface area contributed by atoms with E-state index in [9.17, 15) is 4.39 Å². The Morgan fingerprint density at radius 3 is 2.76 bits per heavy atom. The van der Waals surface area contributed by atoms with Gasteiger partial charge in [-0.1, -0.05) is 30.8 Å². The summed E-state index contributed by atoms with van der Waals surface area (Å²) >= 11 is 1.27. The number of hydrogen-bond donors (Lipinski definition) is 1. The van der Waals surface area contributed by atoms with Crippen LogP contribution < -0.4 is 5.73 Å². The molecule has 0 saturated carbocycles. The van der Waals surface area contributed by atoms with E-state index in [0.29, 0.717) is 15.7 Å². The molecule has 2 rings (SSSR count). The average molecular weight is 249 g/mol. The molecule has 2 aromatic rings. The Morgan fingerprint density at radius 1 is 1.29 bits per heavy atom. The van der Waals surface area contributed by atoms with Gasteiger partial charge >= 0.3 is 0 Å². The first-order chi connectivity index (χ1) is 8.22. The van der Waals surface area contributed by atoms with Crippen LogP contribution in [0.15, 0.2) is 40.5 Å². The van der Waals surface area contributed by atoms with Crippen LogP contribution in [0, 0.1) is 5.82 Å². The van der Waals surface area contributed by atoms with Gasteiger partial charge in [-0.25, -0.2) is 14.4 Å². The highest BCUT2D eigenvalue weighted by Gasteiger charge is 2.10. The molecule has 1 aromatic heterocycles. The van der Waals surface area contributed by atoms with Gasteiger partial charge in [-0.15, -0.1) is 0 Å². The van der Waals surface area contributed by atoms with Crippen LogP contribution in [0.5, 0.6) is 0 Å². The van der Waals surface area contributed by atoms with Crippen LogP contribution in [0.1, 0.15) is 12.5 Å². The summed E-state index contributed by atoms with van der Waals surface area (Å²) in [5, 5.41) is 0.713. The summed E-state index contributed by atoms with van der Waals surface area (Å²) in [6.07, 6.45) is 2.13. The lowest BCUT2D eigenvalue weighted by Crippen LogP contribution is -2.00. The van der Waals surface area contributed by atoms with Crippen molar-refractivity contribution in [2.45, 2.75) is 23.3 Å². The number of aromatic nitrogens is 2. The average Bonchev–Trinajstić information content (AvgIpc) is 2.32. The second-order valence-corrected chi connectivity index (χ2v) is 4.46. The minimum absolute atomic E-state index is 0.253. The van der Waals surface area contributed by atoms with Gasteiger partial charge in [-0.3, -0.25) is 0 Å². The van der Waals surface area contributed by atoms with Crippen molar-refractivity contribution in [2.24, 2.45) is 0 Å². The van der Waals surface area contributed by atoms with Crippen LogP contribution in [0.2, 0.25) is 0 Å². The van der Waals surface area contributed by atoms with Gasteiger partial charge in [0.2, 0.25) is 0 Å². The molecule has 0 fully saturated rings. The van der Waals surface area contributed by atoms with Crippen LogP contribution in [0.25, 0.3) is 0 Å². The normalized spacial score (nSPS) is 10.5. The molecule has 1 heterocycles. The van der Waals surface area contributed by atoms with Crippen LogP contribution in [0.3, 0.4) is 0 Å². The molecule has 0 unspecified atom stereocenters. The zero-order valence-electron chi connectivity index (χ0n) is 9.35. The topological polar surface area (TPSA) is 51.8 Å². The molecule has 0 aliphatic heterocycles. The molecule has 0 aliphatic rings. The molecule has 0 spiro atoms. The molecule has 0 aliphatic carbocycles. The van der Waals surface area contributed by atoms with Gasteiger partial charge in [0, 0.05) is 10.5 Å². The number of nitrogens with zero attached hydrogens (tertiary/aromatic N) is 2. The van der Waals surface area contributed by atoms with Crippen molar-refractivity contribution in [1.82, 2.24) is 9.97 Å². The van der Waals surface area contributed by atoms with Crippen molar-refractivity contribution in [3.05, 3.63) is 42.0 Å². The number of halogens is 1. The Labute approximate surface area is 103 Å². The van der Waals surface area contributed by atoms with Gasteiger partial charge in [-0.05, 0) is 18.6 Å². The zero-order chi connectivity index (χ0) is 12.3. The van der Waals surface area contributed by atoms with E-state index < -0.39 is 0 Å². The van der Waals surface area contributed by atoms with Crippen molar-refractivity contribution < 1.29 is 4.39 Å². The maximum atomic E-state index is 13.5. The maximum Gasteiger partial charge on any atom is 0.137 e. The van der Waals surface area contributed by atoms with E-state index in [0.717, 1.165) is 12.0 Å². The Balaban J connectivity index is 2.37. The van der Waals surface area contributed by atoms with E-state index in [4.69, 9.17) is 5.73 Å². The predicted octanol–water partition coefficient (Wildman–Crippen LogP) is 2.91. The first kappa shape index (κ1) is 11.9. The smallest absolute Gasteiger partial charge is 0.137 e. The van der Waals surface area contributed by atoms with E-state index >= 15 is 0 Å². The Hall–Kier alpha value is -1.62. The minimum Gasteiger partial charge on any atom is -0.383 e. The van der Waals surface area contributed by atoms with Crippen LogP contribution in [-0.2, 0) is 6.42 Å². The summed E-state index contributed by atoms with van der Waals surface area (Å²) in [5.41, 5.74) is 6.63. The lowest BCUT2D eigenvalue weighted by atomic mass is 10.2. The number of rotatable bonds is 3. The van der Waals surface area contributed by atoms with Crippen LogP contribution in [-0.4, -0.2) is 9.97 Å². The van der Waals surface area contributed by atoms with Gasteiger partial charge in [0.1, 0.15) is 23.0 Å². The first-order valence-corrected chi connectivity index (χ1v) is 6.05. The zero-order valence-corrected chi connectivity index (χ0v) is 10.2.